The minimum atomic E-state index is 0.746. The quantitative estimate of drug-likeness (QED) is 0.823. The van der Waals surface area contributed by atoms with Gasteiger partial charge in [-0.15, -0.1) is 5.10 Å². The average molecular weight is 238 g/mol. The van der Waals surface area contributed by atoms with Gasteiger partial charge in [0.25, 0.3) is 0 Å². The summed E-state index contributed by atoms with van der Waals surface area (Å²) in [5.41, 5.74) is 0. The number of tetrazole rings is 1. The lowest BCUT2D eigenvalue weighted by Crippen LogP contribution is -1.99. The van der Waals surface area contributed by atoms with Crippen LogP contribution < -0.4 is 0 Å². The number of aromatic nitrogens is 4. The molecule has 0 amide bonds. The molecule has 0 saturated heterocycles. The van der Waals surface area contributed by atoms with Gasteiger partial charge < -0.3 is 0 Å². The second-order valence-electron chi connectivity index (χ2n) is 2.85. The highest BCUT2D eigenvalue weighted by Gasteiger charge is 2.05. The Labute approximate surface area is 97.6 Å². The molecule has 0 atom stereocenters. The van der Waals surface area contributed by atoms with Crippen molar-refractivity contribution < 1.29 is 0 Å². The third-order valence-electron chi connectivity index (χ3n) is 1.77. The van der Waals surface area contributed by atoms with Crippen LogP contribution in [0.5, 0.6) is 0 Å². The van der Waals surface area contributed by atoms with Crippen LogP contribution in [0.4, 0.5) is 0 Å². The first-order valence-electron chi connectivity index (χ1n) is 4.51. The largest absolute Gasteiger partial charge is 0.179 e. The Bertz CT molecular complexity index is 415. The molecule has 0 aliphatic heterocycles. The summed E-state index contributed by atoms with van der Waals surface area (Å²) >= 11 is 5.67. The van der Waals surface area contributed by atoms with Gasteiger partial charge in [0.2, 0.25) is 0 Å². The molecule has 0 aliphatic carbocycles. The molecule has 0 aliphatic rings. The van der Waals surface area contributed by atoms with Crippen molar-refractivity contribution >= 4 is 24.6 Å². The maximum absolute atomic E-state index is 4.16. The van der Waals surface area contributed by atoms with E-state index in [0.717, 1.165) is 22.9 Å². The zero-order valence-corrected chi connectivity index (χ0v) is 9.66. The Hall–Kier alpha value is -1.01. The van der Waals surface area contributed by atoms with Crippen molar-refractivity contribution in [3.05, 3.63) is 36.2 Å². The van der Waals surface area contributed by atoms with Gasteiger partial charge in [-0.25, -0.2) is 0 Å². The molecule has 1 aromatic heterocycles. The van der Waals surface area contributed by atoms with Crippen molar-refractivity contribution in [2.24, 2.45) is 0 Å². The number of hydrogen-bond acceptors (Lipinski definition) is 5. The highest BCUT2D eigenvalue weighted by atomic mass is 32.2. The normalized spacial score (nSPS) is 10.5. The number of thiol groups is 1. The molecule has 0 bridgehead atoms. The molecule has 0 radical (unpaired) electrons. The summed E-state index contributed by atoms with van der Waals surface area (Å²) in [5, 5.41) is 11.5. The van der Waals surface area contributed by atoms with E-state index >= 15 is 0 Å². The lowest BCUT2D eigenvalue weighted by molar-refractivity contribution is 0.847. The van der Waals surface area contributed by atoms with Crippen LogP contribution in [-0.2, 0) is 6.42 Å². The predicted octanol–water partition coefficient (Wildman–Crippen LogP) is 1.70. The van der Waals surface area contributed by atoms with Gasteiger partial charge in [-0.2, -0.15) is 16.7 Å². The summed E-state index contributed by atoms with van der Waals surface area (Å²) in [7, 11) is 0. The Kier molecular flexibility index (Phi) is 3.63. The summed E-state index contributed by atoms with van der Waals surface area (Å²) in [6.07, 6.45) is 0.774. The first kappa shape index (κ1) is 10.5. The molecule has 2 aromatic rings. The van der Waals surface area contributed by atoms with Crippen molar-refractivity contribution in [3.63, 3.8) is 0 Å². The van der Waals surface area contributed by atoms with Crippen LogP contribution in [0.3, 0.4) is 0 Å². The second kappa shape index (κ2) is 5.18. The SMILES string of the molecule is SCCc1nnnn1Sc1ccccc1. The molecule has 1 heterocycles. The summed E-state index contributed by atoms with van der Waals surface area (Å²) in [4.78, 5) is 1.12. The molecule has 4 nitrogen and oxygen atoms in total. The highest BCUT2D eigenvalue weighted by molar-refractivity contribution is 7.97. The van der Waals surface area contributed by atoms with E-state index in [4.69, 9.17) is 0 Å². The maximum atomic E-state index is 4.16. The monoisotopic (exact) mass is 238 g/mol. The van der Waals surface area contributed by atoms with Gasteiger partial charge in [-0.05, 0) is 28.3 Å². The standard InChI is InChI=1S/C9H10N4S2/c14-7-6-9-10-11-12-13(9)15-8-4-2-1-3-5-8/h1-5,14H,6-7H2. The zero-order chi connectivity index (χ0) is 10.5. The number of benzene rings is 1. The fourth-order valence-corrected chi connectivity index (χ4v) is 2.08. The highest BCUT2D eigenvalue weighted by Crippen LogP contribution is 2.19. The first-order chi connectivity index (χ1) is 7.40. The number of rotatable bonds is 4. The van der Waals surface area contributed by atoms with Crippen LogP contribution in [0, 0.1) is 0 Å². The summed E-state index contributed by atoms with van der Waals surface area (Å²) in [6, 6.07) is 10.0. The maximum Gasteiger partial charge on any atom is 0.164 e. The van der Waals surface area contributed by atoms with Gasteiger partial charge in [0, 0.05) is 23.3 Å². The average Bonchev–Trinajstić information content (AvgIpc) is 2.68. The van der Waals surface area contributed by atoms with E-state index in [-0.39, 0.29) is 0 Å². The van der Waals surface area contributed by atoms with Crippen LogP contribution in [0.2, 0.25) is 0 Å². The molecular weight excluding hydrogens is 228 g/mol. The van der Waals surface area contributed by atoms with Gasteiger partial charge in [0.1, 0.15) is 0 Å². The Morgan fingerprint density at radius 2 is 2.07 bits per heavy atom. The number of nitrogens with zero attached hydrogens (tertiary/aromatic N) is 4. The zero-order valence-electron chi connectivity index (χ0n) is 7.95. The van der Waals surface area contributed by atoms with Crippen LogP contribution in [-0.4, -0.2) is 25.4 Å². The molecule has 0 spiro atoms. The van der Waals surface area contributed by atoms with E-state index < -0.39 is 0 Å². The Morgan fingerprint density at radius 3 is 2.80 bits per heavy atom. The summed E-state index contributed by atoms with van der Waals surface area (Å²) in [5.74, 6) is 1.59. The van der Waals surface area contributed by atoms with E-state index in [2.05, 4.69) is 28.2 Å². The molecule has 0 fully saturated rings. The third kappa shape index (κ3) is 2.73. The molecule has 1 aromatic carbocycles. The van der Waals surface area contributed by atoms with Crippen LogP contribution in [0.15, 0.2) is 35.2 Å². The van der Waals surface area contributed by atoms with Gasteiger partial charge >= 0.3 is 0 Å². The van der Waals surface area contributed by atoms with Crippen molar-refractivity contribution in [1.82, 2.24) is 19.6 Å². The van der Waals surface area contributed by atoms with Crippen molar-refractivity contribution in [2.75, 3.05) is 5.75 Å². The van der Waals surface area contributed by atoms with Crippen molar-refractivity contribution in [3.8, 4) is 0 Å². The van der Waals surface area contributed by atoms with Gasteiger partial charge in [0.15, 0.2) is 5.82 Å². The van der Waals surface area contributed by atoms with Crippen molar-refractivity contribution in [1.29, 1.82) is 0 Å². The first-order valence-corrected chi connectivity index (χ1v) is 5.92. The second-order valence-corrected chi connectivity index (χ2v) is 4.29. The summed E-state index contributed by atoms with van der Waals surface area (Å²) in [6.45, 7) is 0. The predicted molar refractivity (Wildman–Crippen MR) is 63.1 cm³/mol. The minimum absolute atomic E-state index is 0.746. The molecule has 15 heavy (non-hydrogen) atoms. The van der Waals surface area contributed by atoms with Crippen LogP contribution in [0.25, 0.3) is 0 Å². The topological polar surface area (TPSA) is 43.6 Å². The van der Waals surface area contributed by atoms with Crippen LogP contribution in [0.1, 0.15) is 5.82 Å². The van der Waals surface area contributed by atoms with E-state index in [9.17, 15) is 0 Å². The minimum Gasteiger partial charge on any atom is -0.179 e. The van der Waals surface area contributed by atoms with Crippen LogP contribution >= 0.6 is 24.6 Å². The smallest absolute Gasteiger partial charge is 0.164 e. The van der Waals surface area contributed by atoms with E-state index in [1.807, 2.05) is 30.3 Å². The Morgan fingerprint density at radius 1 is 1.27 bits per heavy atom. The molecular formula is C9H10N4S2. The lowest BCUT2D eigenvalue weighted by atomic mass is 10.4. The third-order valence-corrected chi connectivity index (χ3v) is 2.94. The lowest BCUT2D eigenvalue weighted by Gasteiger charge is -2.01. The molecule has 0 unspecified atom stereocenters. The van der Waals surface area contributed by atoms with E-state index in [1.165, 1.54) is 11.9 Å². The molecule has 6 heteroatoms. The number of hydrogen-bond donors (Lipinski definition) is 1. The fourth-order valence-electron chi connectivity index (χ4n) is 1.10. The van der Waals surface area contributed by atoms with E-state index in [0.29, 0.717) is 0 Å². The Balaban J connectivity index is 2.14. The summed E-state index contributed by atoms with van der Waals surface area (Å²) < 4.78 is 1.73. The van der Waals surface area contributed by atoms with Gasteiger partial charge in [0.05, 0.1) is 0 Å². The fraction of sp³-hybridized carbons (Fsp3) is 0.222. The van der Waals surface area contributed by atoms with E-state index in [1.54, 1.807) is 4.09 Å². The molecule has 0 saturated carbocycles. The van der Waals surface area contributed by atoms with Gasteiger partial charge in [-0.1, -0.05) is 18.2 Å². The number of aryl methyl sites for hydroxylation is 1. The van der Waals surface area contributed by atoms with Gasteiger partial charge in [-0.3, -0.25) is 0 Å². The molecule has 0 N–H and O–H groups in total. The molecule has 78 valence electrons. The molecule has 2 rings (SSSR count). The van der Waals surface area contributed by atoms with Crippen molar-refractivity contribution in [2.45, 2.75) is 11.3 Å².